The maximum atomic E-state index is 13.5. The van der Waals surface area contributed by atoms with Crippen molar-refractivity contribution in [2.24, 2.45) is 15.6 Å². The predicted octanol–water partition coefficient (Wildman–Crippen LogP) is 6.08. The largest absolute Gasteiger partial charge is 0.468 e. The lowest BCUT2D eigenvalue weighted by molar-refractivity contribution is -0.153. The maximum absolute atomic E-state index is 13.5. The van der Waals surface area contributed by atoms with Gasteiger partial charge in [-0.3, -0.25) is 4.79 Å². The van der Waals surface area contributed by atoms with E-state index in [9.17, 15) is 10.1 Å². The fourth-order valence-electron chi connectivity index (χ4n) is 4.95. The molecule has 0 amide bonds. The van der Waals surface area contributed by atoms with Crippen LogP contribution in [-0.4, -0.2) is 19.1 Å². The first-order valence-electron chi connectivity index (χ1n) is 10.6. The van der Waals surface area contributed by atoms with Crippen molar-refractivity contribution in [3.8, 4) is 6.07 Å². The van der Waals surface area contributed by atoms with Gasteiger partial charge in [0, 0.05) is 10.4 Å². The van der Waals surface area contributed by atoms with Crippen LogP contribution in [0.2, 0.25) is 5.02 Å². The van der Waals surface area contributed by atoms with Gasteiger partial charge >= 0.3 is 5.97 Å². The molecule has 166 valence electrons. The highest BCUT2D eigenvalue weighted by molar-refractivity contribution is 6.30. The van der Waals surface area contributed by atoms with Crippen molar-refractivity contribution in [2.45, 2.75) is 30.8 Å². The van der Waals surface area contributed by atoms with Gasteiger partial charge in [0.2, 0.25) is 5.41 Å². The quantitative estimate of drug-likeness (QED) is 0.436. The van der Waals surface area contributed by atoms with Crippen molar-refractivity contribution >= 4 is 17.6 Å². The smallest absolute Gasteiger partial charge is 0.331 e. The minimum absolute atomic E-state index is 0.593. The average Bonchev–Trinajstić information content (AvgIpc) is 3.19. The normalized spacial score (nSPS) is 25.7. The highest BCUT2D eigenvalue weighted by atomic mass is 35.5. The second-order valence-electron chi connectivity index (χ2n) is 8.54. The Bertz CT molecular complexity index is 1220. The molecule has 5 nitrogen and oxygen atoms in total. The Kier molecular flexibility index (Phi) is 5.82. The van der Waals surface area contributed by atoms with Crippen LogP contribution in [0.3, 0.4) is 0 Å². The van der Waals surface area contributed by atoms with Crippen LogP contribution in [-0.2, 0) is 20.5 Å². The van der Waals surface area contributed by atoms with E-state index in [1.807, 2.05) is 79.7 Å². The summed E-state index contributed by atoms with van der Waals surface area (Å²) in [5.41, 5.74) is -1.36. The van der Waals surface area contributed by atoms with Gasteiger partial charge in [-0.15, -0.1) is 0 Å². The minimum atomic E-state index is -1.71. The molecule has 0 bridgehead atoms. The molecule has 0 aromatic heterocycles. The third-order valence-corrected chi connectivity index (χ3v) is 7.19. The van der Waals surface area contributed by atoms with E-state index in [1.165, 1.54) is 7.11 Å². The first kappa shape index (κ1) is 22.7. The Morgan fingerprint density at radius 3 is 2.09 bits per heavy atom. The molecule has 0 N–H and O–H groups in total. The number of carbonyl (C=O) groups is 1. The Hall–Kier alpha value is -3.49. The zero-order valence-electron chi connectivity index (χ0n) is 18.7. The summed E-state index contributed by atoms with van der Waals surface area (Å²) >= 11 is 6.18. The molecule has 0 saturated carbocycles. The van der Waals surface area contributed by atoms with Crippen molar-refractivity contribution in [1.82, 2.24) is 0 Å². The Balaban J connectivity index is 2.03. The zero-order valence-corrected chi connectivity index (χ0v) is 19.5. The molecule has 33 heavy (non-hydrogen) atoms. The lowest BCUT2D eigenvalue weighted by atomic mass is 9.56. The molecule has 1 heterocycles. The van der Waals surface area contributed by atoms with E-state index in [2.05, 4.69) is 16.3 Å². The van der Waals surface area contributed by atoms with Gasteiger partial charge in [-0.1, -0.05) is 84.4 Å². The number of nitrogens with zero attached hydrogens (tertiary/aromatic N) is 3. The van der Waals surface area contributed by atoms with Crippen LogP contribution in [0.4, 0.5) is 0 Å². The van der Waals surface area contributed by atoms with Gasteiger partial charge in [0.05, 0.1) is 13.2 Å². The number of nitriles is 1. The van der Waals surface area contributed by atoms with E-state index in [1.54, 1.807) is 19.1 Å². The molecule has 4 atom stereocenters. The highest BCUT2D eigenvalue weighted by Gasteiger charge is 2.70. The number of methoxy groups -OCH3 is 1. The summed E-state index contributed by atoms with van der Waals surface area (Å²) in [6.07, 6.45) is 0. The predicted molar refractivity (Wildman–Crippen MR) is 127 cm³/mol. The molecule has 0 radical (unpaired) electrons. The summed E-state index contributed by atoms with van der Waals surface area (Å²) in [5, 5.41) is 20.6. The van der Waals surface area contributed by atoms with Gasteiger partial charge < -0.3 is 4.74 Å². The Morgan fingerprint density at radius 2 is 1.55 bits per heavy atom. The summed E-state index contributed by atoms with van der Waals surface area (Å²) in [4.78, 5) is 13.5. The van der Waals surface area contributed by atoms with Gasteiger partial charge in [0.1, 0.15) is 11.6 Å². The van der Waals surface area contributed by atoms with Gasteiger partial charge in [0.25, 0.3) is 0 Å². The zero-order chi connectivity index (χ0) is 23.7. The summed E-state index contributed by atoms with van der Waals surface area (Å²) in [7, 11) is 1.30. The first-order valence-corrected chi connectivity index (χ1v) is 11.0. The van der Waals surface area contributed by atoms with E-state index in [0.717, 1.165) is 16.7 Å². The highest BCUT2D eigenvalue weighted by Crippen LogP contribution is 2.58. The Morgan fingerprint density at radius 1 is 1.00 bits per heavy atom. The molecule has 1 aliphatic rings. The number of hydrogen-bond acceptors (Lipinski definition) is 5. The van der Waals surface area contributed by atoms with E-state index in [-0.39, 0.29) is 0 Å². The van der Waals surface area contributed by atoms with Crippen LogP contribution in [0.25, 0.3) is 0 Å². The number of rotatable bonds is 5. The summed E-state index contributed by atoms with van der Waals surface area (Å²) in [6.45, 7) is 3.76. The van der Waals surface area contributed by atoms with Gasteiger partial charge in [-0.25, -0.2) is 0 Å². The van der Waals surface area contributed by atoms with E-state index in [4.69, 9.17) is 16.3 Å². The van der Waals surface area contributed by atoms with Crippen LogP contribution in [0.1, 0.15) is 30.5 Å². The standard InChI is InChI=1S/C27H24ClN3O2/c1-25(19-10-6-4-7-11-19,20-14-16-22(28)17-15-20)23-27(18-29,24(32)33-3)26(2,31-30-23)21-12-8-5-9-13-21/h4-17,23H,1-3H3/t23-,25?,26-,27+/m1/s1. The van der Waals surface area contributed by atoms with Crippen molar-refractivity contribution in [3.63, 3.8) is 0 Å². The number of halogens is 1. The third-order valence-electron chi connectivity index (χ3n) is 6.94. The molecule has 3 aromatic carbocycles. The molecule has 0 spiro atoms. The monoisotopic (exact) mass is 457 g/mol. The number of azo groups is 1. The number of ether oxygens (including phenoxy) is 1. The summed E-state index contributed by atoms with van der Waals surface area (Å²) in [6, 6.07) is 27.9. The fourth-order valence-corrected chi connectivity index (χ4v) is 5.08. The first-order chi connectivity index (χ1) is 15.8. The molecule has 0 fully saturated rings. The van der Waals surface area contributed by atoms with Crippen LogP contribution < -0.4 is 0 Å². The Labute approximate surface area is 198 Å². The van der Waals surface area contributed by atoms with Crippen molar-refractivity contribution < 1.29 is 9.53 Å². The topological polar surface area (TPSA) is 74.8 Å². The van der Waals surface area contributed by atoms with Gasteiger partial charge in [-0.05, 0) is 42.7 Å². The molecule has 6 heteroatoms. The van der Waals surface area contributed by atoms with E-state index < -0.39 is 28.4 Å². The molecule has 4 rings (SSSR count). The molecule has 0 aliphatic carbocycles. The van der Waals surface area contributed by atoms with Crippen LogP contribution in [0.15, 0.2) is 95.2 Å². The van der Waals surface area contributed by atoms with Crippen molar-refractivity contribution in [3.05, 3.63) is 107 Å². The summed E-state index contributed by atoms with van der Waals surface area (Å²) < 4.78 is 5.26. The molecule has 1 unspecified atom stereocenters. The van der Waals surface area contributed by atoms with Crippen LogP contribution in [0.5, 0.6) is 0 Å². The van der Waals surface area contributed by atoms with Crippen LogP contribution in [0, 0.1) is 16.7 Å². The molecular weight excluding hydrogens is 434 g/mol. The van der Waals surface area contributed by atoms with Gasteiger partial charge in [0.15, 0.2) is 0 Å². The lowest BCUT2D eigenvalue weighted by Crippen LogP contribution is -2.57. The number of benzene rings is 3. The third kappa shape index (κ3) is 3.25. The molecule has 0 saturated heterocycles. The lowest BCUT2D eigenvalue weighted by Gasteiger charge is -2.43. The maximum Gasteiger partial charge on any atom is 0.331 e. The molecule has 1 aliphatic heterocycles. The summed E-state index contributed by atoms with van der Waals surface area (Å²) in [5.74, 6) is -0.664. The van der Waals surface area contributed by atoms with Crippen molar-refractivity contribution in [2.75, 3.05) is 7.11 Å². The second-order valence-corrected chi connectivity index (χ2v) is 8.98. The van der Waals surface area contributed by atoms with Crippen molar-refractivity contribution in [1.29, 1.82) is 5.26 Å². The van der Waals surface area contributed by atoms with E-state index in [0.29, 0.717) is 5.02 Å². The average molecular weight is 458 g/mol. The van der Waals surface area contributed by atoms with Gasteiger partial charge in [-0.2, -0.15) is 15.5 Å². The number of hydrogen-bond donors (Lipinski definition) is 0. The van der Waals surface area contributed by atoms with E-state index >= 15 is 0 Å². The SMILES string of the molecule is COC(=O)[C@]1(C#N)[C@@H](C(C)(c2ccccc2)c2ccc(Cl)cc2)N=N[C@]1(C)c1ccccc1. The number of esters is 1. The molecular formula is C27H24ClN3O2. The fraction of sp³-hybridized carbons (Fsp3) is 0.259. The minimum Gasteiger partial charge on any atom is -0.468 e. The number of carbonyl (C=O) groups excluding carboxylic acids is 1. The second kappa shape index (κ2) is 8.46. The van der Waals surface area contributed by atoms with Crippen LogP contribution >= 0.6 is 11.6 Å². The molecule has 3 aromatic rings.